The van der Waals surface area contributed by atoms with Gasteiger partial charge in [0, 0.05) is 43.3 Å². The summed E-state index contributed by atoms with van der Waals surface area (Å²) in [5.41, 5.74) is 1.57. The molecule has 0 saturated carbocycles. The van der Waals surface area contributed by atoms with E-state index in [9.17, 15) is 9.59 Å². The Kier molecular flexibility index (Phi) is 5.43. The Morgan fingerprint density at radius 1 is 1.24 bits per heavy atom. The monoisotopic (exact) mass is 338 g/mol. The van der Waals surface area contributed by atoms with Gasteiger partial charge in [0.15, 0.2) is 0 Å². The van der Waals surface area contributed by atoms with Crippen molar-refractivity contribution in [1.82, 2.24) is 9.88 Å². The predicted octanol–water partition coefficient (Wildman–Crippen LogP) is 2.75. The number of hydrogen-bond donors (Lipinski definition) is 0. The second-order valence-electron chi connectivity index (χ2n) is 6.31. The summed E-state index contributed by atoms with van der Waals surface area (Å²) in [6.07, 6.45) is 3.68. The topological polar surface area (TPSA) is 59.5 Å². The third kappa shape index (κ3) is 4.24. The molecule has 5 heteroatoms. The third-order valence-corrected chi connectivity index (χ3v) is 4.58. The van der Waals surface area contributed by atoms with Crippen molar-refractivity contribution in [3.8, 4) is 5.88 Å². The number of carbonyl (C=O) groups is 2. The molecule has 1 aromatic heterocycles. The van der Waals surface area contributed by atoms with Crippen molar-refractivity contribution in [2.45, 2.75) is 19.3 Å². The number of ether oxygens (including phenoxy) is 1. The molecule has 1 atom stereocenters. The molecular formula is C20H22N2O3. The SMILES string of the molecule is COc1cc(C(=O)N2CCCC(C(=O)Cc3ccccc3)C2)ccn1. The molecule has 1 aromatic carbocycles. The number of pyridine rings is 1. The minimum Gasteiger partial charge on any atom is -0.481 e. The first-order valence-electron chi connectivity index (χ1n) is 8.53. The van der Waals surface area contributed by atoms with Gasteiger partial charge in [-0.05, 0) is 24.5 Å². The average Bonchev–Trinajstić information content (AvgIpc) is 2.68. The van der Waals surface area contributed by atoms with Crippen LogP contribution in [0, 0.1) is 5.92 Å². The molecule has 2 heterocycles. The Balaban J connectivity index is 1.66. The van der Waals surface area contributed by atoms with Gasteiger partial charge in [0.1, 0.15) is 5.78 Å². The fraction of sp³-hybridized carbons (Fsp3) is 0.350. The fourth-order valence-corrected chi connectivity index (χ4v) is 3.20. The summed E-state index contributed by atoms with van der Waals surface area (Å²) >= 11 is 0. The molecule has 1 fully saturated rings. The zero-order valence-corrected chi connectivity index (χ0v) is 14.4. The third-order valence-electron chi connectivity index (χ3n) is 4.58. The molecule has 0 aliphatic carbocycles. The van der Waals surface area contributed by atoms with Crippen LogP contribution < -0.4 is 4.74 Å². The fourth-order valence-electron chi connectivity index (χ4n) is 3.20. The van der Waals surface area contributed by atoms with E-state index in [1.54, 1.807) is 23.2 Å². The van der Waals surface area contributed by atoms with Crippen molar-refractivity contribution >= 4 is 11.7 Å². The Bertz CT molecular complexity index is 746. The molecule has 0 radical (unpaired) electrons. The minimum absolute atomic E-state index is 0.0714. The molecule has 3 rings (SSSR count). The van der Waals surface area contributed by atoms with Crippen molar-refractivity contribution in [3.63, 3.8) is 0 Å². The predicted molar refractivity (Wildman–Crippen MR) is 94.6 cm³/mol. The standard InChI is InChI=1S/C20H22N2O3/c1-25-19-13-16(9-10-21-19)20(24)22-11-5-8-17(14-22)18(23)12-15-6-3-2-4-7-15/h2-4,6-7,9-10,13,17H,5,8,11-12,14H2,1H3. The average molecular weight is 338 g/mol. The van der Waals surface area contributed by atoms with E-state index in [1.807, 2.05) is 30.3 Å². The summed E-state index contributed by atoms with van der Waals surface area (Å²) in [5.74, 6) is 0.454. The summed E-state index contributed by atoms with van der Waals surface area (Å²) in [4.78, 5) is 31.1. The summed E-state index contributed by atoms with van der Waals surface area (Å²) in [6, 6.07) is 13.1. The first kappa shape index (κ1) is 17.1. The maximum Gasteiger partial charge on any atom is 0.254 e. The van der Waals surface area contributed by atoms with E-state index in [0.717, 1.165) is 18.4 Å². The normalized spacial score (nSPS) is 17.2. The number of benzene rings is 1. The van der Waals surface area contributed by atoms with E-state index >= 15 is 0 Å². The number of hydrogen-bond acceptors (Lipinski definition) is 4. The van der Waals surface area contributed by atoms with Gasteiger partial charge < -0.3 is 9.64 Å². The molecule has 25 heavy (non-hydrogen) atoms. The van der Waals surface area contributed by atoms with Crippen molar-refractivity contribution in [2.24, 2.45) is 5.92 Å². The van der Waals surface area contributed by atoms with Crippen molar-refractivity contribution in [3.05, 3.63) is 59.8 Å². The Labute approximate surface area is 147 Å². The second kappa shape index (κ2) is 7.92. The van der Waals surface area contributed by atoms with Gasteiger partial charge in [-0.1, -0.05) is 30.3 Å². The van der Waals surface area contributed by atoms with Gasteiger partial charge in [-0.25, -0.2) is 4.98 Å². The maximum atomic E-state index is 12.7. The molecule has 1 aliphatic heterocycles. The second-order valence-corrected chi connectivity index (χ2v) is 6.31. The Hall–Kier alpha value is -2.69. The van der Waals surface area contributed by atoms with Crippen LogP contribution >= 0.6 is 0 Å². The number of rotatable bonds is 5. The van der Waals surface area contributed by atoms with Crippen LogP contribution in [0.4, 0.5) is 0 Å². The van der Waals surface area contributed by atoms with Crippen LogP contribution in [0.5, 0.6) is 5.88 Å². The molecule has 5 nitrogen and oxygen atoms in total. The zero-order valence-electron chi connectivity index (χ0n) is 14.4. The van der Waals surface area contributed by atoms with Gasteiger partial charge >= 0.3 is 0 Å². The highest BCUT2D eigenvalue weighted by Crippen LogP contribution is 2.21. The van der Waals surface area contributed by atoms with Crippen LogP contribution in [0.15, 0.2) is 48.7 Å². The lowest BCUT2D eigenvalue weighted by atomic mass is 9.90. The number of carbonyl (C=O) groups excluding carboxylic acids is 2. The summed E-state index contributed by atoms with van der Waals surface area (Å²) < 4.78 is 5.08. The van der Waals surface area contributed by atoms with Gasteiger partial charge in [0.25, 0.3) is 5.91 Å². The van der Waals surface area contributed by atoms with Crippen molar-refractivity contribution in [1.29, 1.82) is 0 Å². The van der Waals surface area contributed by atoms with Crippen LogP contribution in [0.3, 0.4) is 0 Å². The quantitative estimate of drug-likeness (QED) is 0.841. The van der Waals surface area contributed by atoms with E-state index in [4.69, 9.17) is 4.74 Å². The Morgan fingerprint density at radius 3 is 2.80 bits per heavy atom. The maximum absolute atomic E-state index is 12.7. The molecule has 130 valence electrons. The van der Waals surface area contributed by atoms with Crippen molar-refractivity contribution in [2.75, 3.05) is 20.2 Å². The molecule has 1 unspecified atom stereocenters. The highest BCUT2D eigenvalue weighted by Gasteiger charge is 2.28. The number of amides is 1. The molecular weight excluding hydrogens is 316 g/mol. The van der Waals surface area contributed by atoms with Crippen LogP contribution in [0.1, 0.15) is 28.8 Å². The minimum atomic E-state index is -0.0957. The Morgan fingerprint density at radius 2 is 2.04 bits per heavy atom. The van der Waals surface area contributed by atoms with E-state index < -0.39 is 0 Å². The first-order valence-corrected chi connectivity index (χ1v) is 8.53. The largest absolute Gasteiger partial charge is 0.481 e. The number of Topliss-reactive ketones (excluding diaryl/α,β-unsaturated/α-hetero) is 1. The lowest BCUT2D eigenvalue weighted by Gasteiger charge is -2.32. The van der Waals surface area contributed by atoms with Crippen LogP contribution in [-0.2, 0) is 11.2 Å². The number of likely N-dealkylation sites (tertiary alicyclic amines) is 1. The summed E-state index contributed by atoms with van der Waals surface area (Å²) in [7, 11) is 1.52. The van der Waals surface area contributed by atoms with Crippen LogP contribution in [-0.4, -0.2) is 41.8 Å². The molecule has 0 bridgehead atoms. The lowest BCUT2D eigenvalue weighted by molar-refractivity contribution is -0.123. The van der Waals surface area contributed by atoms with Crippen molar-refractivity contribution < 1.29 is 14.3 Å². The number of ketones is 1. The first-order chi connectivity index (χ1) is 12.2. The van der Waals surface area contributed by atoms with Crippen LogP contribution in [0.2, 0.25) is 0 Å². The van der Waals surface area contributed by atoms with E-state index in [-0.39, 0.29) is 17.6 Å². The van der Waals surface area contributed by atoms with Gasteiger partial charge in [-0.2, -0.15) is 0 Å². The zero-order chi connectivity index (χ0) is 17.6. The molecule has 2 aromatic rings. The lowest BCUT2D eigenvalue weighted by Crippen LogP contribution is -2.42. The number of piperidine rings is 1. The van der Waals surface area contributed by atoms with E-state index in [1.165, 1.54) is 7.11 Å². The number of methoxy groups -OCH3 is 1. The molecule has 1 amide bonds. The highest BCUT2D eigenvalue weighted by molar-refractivity contribution is 5.95. The molecule has 1 saturated heterocycles. The van der Waals surface area contributed by atoms with E-state index in [2.05, 4.69) is 4.98 Å². The molecule has 1 aliphatic rings. The molecule has 0 N–H and O–H groups in total. The van der Waals surface area contributed by atoms with Crippen LogP contribution in [0.25, 0.3) is 0 Å². The van der Waals surface area contributed by atoms with Gasteiger partial charge in [-0.15, -0.1) is 0 Å². The van der Waals surface area contributed by atoms with E-state index in [0.29, 0.717) is 31.0 Å². The number of aromatic nitrogens is 1. The van der Waals surface area contributed by atoms with Gasteiger partial charge in [0.05, 0.1) is 7.11 Å². The van der Waals surface area contributed by atoms with Gasteiger partial charge in [-0.3, -0.25) is 9.59 Å². The summed E-state index contributed by atoms with van der Waals surface area (Å²) in [6.45, 7) is 1.16. The highest BCUT2D eigenvalue weighted by atomic mass is 16.5. The molecule has 0 spiro atoms. The smallest absolute Gasteiger partial charge is 0.254 e. The summed E-state index contributed by atoms with van der Waals surface area (Å²) in [5, 5.41) is 0. The van der Waals surface area contributed by atoms with Gasteiger partial charge in [0.2, 0.25) is 5.88 Å². The number of nitrogens with zero attached hydrogens (tertiary/aromatic N) is 2.